The monoisotopic (exact) mass is 248 g/mol. The van der Waals surface area contributed by atoms with Crippen LogP contribution in [0.4, 0.5) is 0 Å². The predicted octanol–water partition coefficient (Wildman–Crippen LogP) is -2.70. The van der Waals surface area contributed by atoms with E-state index in [4.69, 9.17) is 0 Å². The summed E-state index contributed by atoms with van der Waals surface area (Å²) in [5, 5.41) is 0. The molecule has 0 aliphatic heterocycles. The summed E-state index contributed by atoms with van der Waals surface area (Å²) in [4.78, 5) is 10.7. The van der Waals surface area contributed by atoms with Crippen molar-refractivity contribution in [1.82, 2.24) is 0 Å². The van der Waals surface area contributed by atoms with Crippen molar-refractivity contribution in [3.63, 3.8) is 0 Å². The minimum absolute atomic E-state index is 0. The van der Waals surface area contributed by atoms with Gasteiger partial charge >= 0.3 is 35.5 Å². The number of hydrogen-bond donors (Lipinski definition) is 0. The van der Waals surface area contributed by atoms with E-state index < -0.39 is 15.1 Å². The van der Waals surface area contributed by atoms with Crippen LogP contribution in [-0.2, 0) is 18.7 Å². The van der Waals surface area contributed by atoms with Crippen molar-refractivity contribution in [2.75, 3.05) is 12.4 Å². The van der Waals surface area contributed by atoms with Crippen molar-refractivity contribution >= 4 is 25.9 Å². The van der Waals surface area contributed by atoms with Gasteiger partial charge in [0.25, 0.3) is 0 Å². The largest absolute Gasteiger partial charge is 1.00 e. The van der Waals surface area contributed by atoms with Crippen LogP contribution in [-0.4, -0.2) is 31.3 Å². The Bertz CT molecular complexity index is 297. The van der Waals surface area contributed by atoms with E-state index in [1.165, 1.54) is 6.92 Å². The molecule has 0 heterocycles. The van der Waals surface area contributed by atoms with Gasteiger partial charge in [-0.2, -0.15) is 0 Å². The first-order valence-corrected chi connectivity index (χ1v) is 6.17. The SMILES string of the molecule is C=C(C)C(=O)OCCSS(=O)(=O)[O-].[Na+]. The van der Waals surface area contributed by atoms with Crippen molar-refractivity contribution in [3.8, 4) is 0 Å². The van der Waals surface area contributed by atoms with Gasteiger partial charge in [-0.25, -0.2) is 13.2 Å². The van der Waals surface area contributed by atoms with Crippen molar-refractivity contribution < 1.29 is 52.1 Å². The molecule has 0 unspecified atom stereocenters. The zero-order chi connectivity index (χ0) is 10.5. The Morgan fingerprint density at radius 2 is 2.07 bits per heavy atom. The smallest absolute Gasteiger partial charge is 0.739 e. The van der Waals surface area contributed by atoms with Crippen molar-refractivity contribution in [2.24, 2.45) is 0 Å². The molecule has 5 nitrogen and oxygen atoms in total. The van der Waals surface area contributed by atoms with Gasteiger partial charge in [0.2, 0.25) is 0 Å². The van der Waals surface area contributed by atoms with E-state index in [1.54, 1.807) is 0 Å². The van der Waals surface area contributed by atoms with Gasteiger partial charge in [0.15, 0.2) is 0 Å². The molecule has 14 heavy (non-hydrogen) atoms. The predicted molar refractivity (Wildman–Crippen MR) is 47.9 cm³/mol. The van der Waals surface area contributed by atoms with Gasteiger partial charge in [0, 0.05) is 11.3 Å². The third-order valence-corrected chi connectivity index (χ3v) is 2.88. The molecule has 0 saturated carbocycles. The van der Waals surface area contributed by atoms with Gasteiger partial charge in [0.05, 0.1) is 0 Å². The van der Waals surface area contributed by atoms with Gasteiger partial charge in [-0.1, -0.05) is 6.58 Å². The Morgan fingerprint density at radius 1 is 1.57 bits per heavy atom. The number of carbonyl (C=O) groups is 1. The van der Waals surface area contributed by atoms with E-state index in [-0.39, 0.29) is 58.3 Å². The van der Waals surface area contributed by atoms with Crippen LogP contribution in [0.15, 0.2) is 12.2 Å². The Hall–Kier alpha value is 0.470. The van der Waals surface area contributed by atoms with E-state index >= 15 is 0 Å². The van der Waals surface area contributed by atoms with Gasteiger partial charge in [-0.3, -0.25) is 0 Å². The fraction of sp³-hybridized carbons (Fsp3) is 0.500. The second-order valence-corrected chi connectivity index (χ2v) is 5.54. The summed E-state index contributed by atoms with van der Waals surface area (Å²) in [5.74, 6) is -0.658. The first-order valence-electron chi connectivity index (χ1n) is 3.26. The van der Waals surface area contributed by atoms with E-state index in [2.05, 4.69) is 11.3 Å². The van der Waals surface area contributed by atoms with Crippen molar-refractivity contribution in [1.29, 1.82) is 0 Å². The third-order valence-electron chi connectivity index (χ3n) is 0.893. The summed E-state index contributed by atoms with van der Waals surface area (Å²) in [5.41, 5.74) is 0.231. The van der Waals surface area contributed by atoms with Crippen LogP contribution < -0.4 is 29.6 Å². The minimum Gasteiger partial charge on any atom is -0.739 e. The Morgan fingerprint density at radius 3 is 2.43 bits per heavy atom. The molecule has 8 heteroatoms. The van der Waals surface area contributed by atoms with E-state index in [0.29, 0.717) is 0 Å². The molecule has 0 rings (SSSR count). The topological polar surface area (TPSA) is 83.5 Å². The first-order chi connectivity index (χ1) is 5.83. The van der Waals surface area contributed by atoms with Crippen LogP contribution >= 0.6 is 10.8 Å². The zero-order valence-corrected chi connectivity index (χ0v) is 11.6. The van der Waals surface area contributed by atoms with Crippen LogP contribution in [0.1, 0.15) is 6.92 Å². The molecule has 0 N–H and O–H groups in total. The fourth-order valence-electron chi connectivity index (χ4n) is 0.394. The molecule has 0 radical (unpaired) electrons. The van der Waals surface area contributed by atoms with Crippen molar-refractivity contribution in [3.05, 3.63) is 12.2 Å². The Balaban J connectivity index is 0. The summed E-state index contributed by atoms with van der Waals surface area (Å²) in [7, 11) is -4.09. The molecule has 0 aliphatic carbocycles. The molecule has 0 aliphatic rings. The maximum atomic E-state index is 10.7. The number of rotatable bonds is 5. The molecule has 0 aromatic carbocycles. The molecule has 0 aromatic heterocycles. The Labute approximate surface area is 109 Å². The van der Waals surface area contributed by atoms with Crippen molar-refractivity contribution in [2.45, 2.75) is 6.92 Å². The minimum atomic E-state index is -4.29. The van der Waals surface area contributed by atoms with E-state index in [0.717, 1.165) is 0 Å². The molecule has 0 aromatic rings. The number of carbonyl (C=O) groups excluding carboxylic acids is 1. The van der Waals surface area contributed by atoms with Gasteiger partial charge in [-0.15, -0.1) is 0 Å². The van der Waals surface area contributed by atoms with Gasteiger partial charge in [0.1, 0.15) is 15.8 Å². The van der Waals surface area contributed by atoms with Crippen LogP contribution in [0, 0.1) is 0 Å². The molecule has 76 valence electrons. The average Bonchev–Trinajstić information content (AvgIpc) is 1.95. The second kappa shape index (κ2) is 7.72. The number of ether oxygens (including phenoxy) is 1. The molecular weight excluding hydrogens is 239 g/mol. The summed E-state index contributed by atoms with van der Waals surface area (Å²) in [6.07, 6.45) is 0. The summed E-state index contributed by atoms with van der Waals surface area (Å²) in [6.45, 7) is 4.68. The average molecular weight is 248 g/mol. The van der Waals surface area contributed by atoms with Gasteiger partial charge < -0.3 is 9.29 Å². The molecular formula is C6H9NaO5S2. The standard InChI is InChI=1S/C6H10O5S2.Na/c1-5(2)6(7)11-3-4-12-13(8,9)10;/h1,3-4H2,2H3,(H,8,9,10);/q;+1/p-1. The van der Waals surface area contributed by atoms with Crippen LogP contribution in [0.3, 0.4) is 0 Å². The molecule has 0 fully saturated rings. The summed E-state index contributed by atoms with van der Waals surface area (Å²) in [6, 6.07) is 0. The van der Waals surface area contributed by atoms with Gasteiger partial charge in [-0.05, 0) is 17.7 Å². The number of hydrogen-bond acceptors (Lipinski definition) is 6. The van der Waals surface area contributed by atoms with Crippen LogP contribution in [0.2, 0.25) is 0 Å². The molecule has 0 saturated heterocycles. The van der Waals surface area contributed by atoms with Crippen LogP contribution in [0.25, 0.3) is 0 Å². The maximum absolute atomic E-state index is 10.7. The quantitative estimate of drug-likeness (QED) is 0.131. The first kappa shape index (κ1) is 16.9. The van der Waals surface area contributed by atoms with E-state index in [9.17, 15) is 17.8 Å². The van der Waals surface area contributed by atoms with Crippen LogP contribution in [0.5, 0.6) is 0 Å². The Kier molecular flexibility index (Phi) is 9.31. The summed E-state index contributed by atoms with van der Waals surface area (Å²) < 4.78 is 34.7. The molecule has 0 bridgehead atoms. The number of esters is 1. The second-order valence-electron chi connectivity index (χ2n) is 2.15. The molecule has 0 amide bonds. The summed E-state index contributed by atoms with van der Waals surface area (Å²) >= 11 is 0. The molecule has 0 spiro atoms. The fourth-order valence-corrected chi connectivity index (χ4v) is 1.57. The molecule has 0 atom stereocenters. The maximum Gasteiger partial charge on any atom is 1.00 e. The zero-order valence-electron chi connectivity index (χ0n) is 7.98. The normalized spacial score (nSPS) is 10.1. The third kappa shape index (κ3) is 10.6. The van der Waals surface area contributed by atoms with E-state index in [1.807, 2.05) is 0 Å².